The van der Waals surface area contributed by atoms with E-state index in [0.29, 0.717) is 34.6 Å². The lowest BCUT2D eigenvalue weighted by atomic mass is 10.2. The van der Waals surface area contributed by atoms with Gasteiger partial charge in [0.2, 0.25) is 0 Å². The third-order valence-corrected chi connectivity index (χ3v) is 4.43. The molecule has 3 aromatic carbocycles. The van der Waals surface area contributed by atoms with Crippen molar-refractivity contribution in [2.24, 2.45) is 5.10 Å². The van der Waals surface area contributed by atoms with E-state index < -0.39 is 0 Å². The van der Waals surface area contributed by atoms with Crippen LogP contribution in [0.2, 0.25) is 0 Å². The summed E-state index contributed by atoms with van der Waals surface area (Å²) >= 11 is 0. The second kappa shape index (κ2) is 7.98. The van der Waals surface area contributed by atoms with Crippen molar-refractivity contribution in [3.63, 3.8) is 0 Å². The molecule has 0 unspecified atom stereocenters. The van der Waals surface area contributed by atoms with Crippen molar-refractivity contribution in [3.05, 3.63) is 88.7 Å². The van der Waals surface area contributed by atoms with Crippen molar-refractivity contribution in [3.8, 4) is 22.9 Å². The van der Waals surface area contributed by atoms with E-state index in [-0.39, 0.29) is 11.3 Å². The molecule has 29 heavy (non-hydrogen) atoms. The summed E-state index contributed by atoms with van der Waals surface area (Å²) in [6.45, 7) is 2.27. The smallest absolute Gasteiger partial charge is 0.282 e. The highest BCUT2D eigenvalue weighted by Gasteiger charge is 2.12. The summed E-state index contributed by atoms with van der Waals surface area (Å²) in [6.07, 6.45) is 1.43. The third-order valence-electron chi connectivity index (χ3n) is 4.43. The first-order chi connectivity index (χ1) is 14.2. The van der Waals surface area contributed by atoms with Gasteiger partial charge in [0.1, 0.15) is 0 Å². The molecule has 0 atom stereocenters. The maximum atomic E-state index is 13.1. The van der Waals surface area contributed by atoms with E-state index in [4.69, 9.17) is 4.74 Å². The predicted octanol–water partition coefficient (Wildman–Crippen LogP) is 4.05. The Morgan fingerprint density at radius 2 is 1.79 bits per heavy atom. The number of aromatic nitrogens is 2. The predicted molar refractivity (Wildman–Crippen MR) is 114 cm³/mol. The largest absolute Gasteiger partial charge is 0.504 e. The molecule has 4 rings (SSSR count). The molecule has 0 bridgehead atoms. The molecule has 6 heteroatoms. The molecule has 0 spiro atoms. The van der Waals surface area contributed by atoms with Crippen LogP contribution >= 0.6 is 0 Å². The van der Waals surface area contributed by atoms with Crippen LogP contribution in [0.3, 0.4) is 0 Å². The van der Waals surface area contributed by atoms with E-state index in [1.807, 2.05) is 43.3 Å². The van der Waals surface area contributed by atoms with Crippen molar-refractivity contribution in [2.45, 2.75) is 6.92 Å². The Morgan fingerprint density at radius 3 is 2.59 bits per heavy atom. The minimum absolute atomic E-state index is 0.0267. The van der Waals surface area contributed by atoms with Gasteiger partial charge in [-0.25, -0.2) is 4.98 Å². The molecule has 0 radical (unpaired) electrons. The summed E-state index contributed by atoms with van der Waals surface area (Å²) in [4.78, 5) is 17.8. The minimum Gasteiger partial charge on any atom is -0.504 e. The maximum Gasteiger partial charge on any atom is 0.282 e. The number of fused-ring (bicyclic) bond motifs is 1. The van der Waals surface area contributed by atoms with E-state index in [2.05, 4.69) is 10.1 Å². The fraction of sp³-hybridized carbons (Fsp3) is 0.0870. The van der Waals surface area contributed by atoms with Crippen LogP contribution < -0.4 is 10.3 Å². The number of phenolic OH excluding ortho intramolecular Hbond substituents is 1. The highest BCUT2D eigenvalue weighted by Crippen LogP contribution is 2.28. The summed E-state index contributed by atoms with van der Waals surface area (Å²) in [5.41, 5.74) is 1.52. The van der Waals surface area contributed by atoms with Crippen molar-refractivity contribution in [2.75, 3.05) is 6.61 Å². The van der Waals surface area contributed by atoms with Gasteiger partial charge < -0.3 is 9.84 Å². The Morgan fingerprint density at radius 1 is 1.03 bits per heavy atom. The number of aromatic hydroxyl groups is 1. The molecule has 4 aromatic rings. The number of rotatable bonds is 5. The molecular formula is C23H19N3O3. The van der Waals surface area contributed by atoms with Crippen LogP contribution in [-0.2, 0) is 0 Å². The molecule has 0 aliphatic heterocycles. The summed E-state index contributed by atoms with van der Waals surface area (Å²) in [6, 6.07) is 21.7. The molecule has 0 aliphatic rings. The van der Waals surface area contributed by atoms with Crippen LogP contribution in [0.15, 0.2) is 82.7 Å². The van der Waals surface area contributed by atoms with Crippen LogP contribution in [0.4, 0.5) is 0 Å². The average Bonchev–Trinajstić information content (AvgIpc) is 2.76. The van der Waals surface area contributed by atoms with Gasteiger partial charge in [0, 0.05) is 11.1 Å². The van der Waals surface area contributed by atoms with Crippen LogP contribution in [0.1, 0.15) is 12.5 Å². The van der Waals surface area contributed by atoms with Gasteiger partial charge in [-0.05, 0) is 31.2 Å². The average molecular weight is 385 g/mol. The van der Waals surface area contributed by atoms with Crippen molar-refractivity contribution in [1.29, 1.82) is 0 Å². The standard InChI is InChI=1S/C23H19N3O3/c1-2-29-20-14-8-11-17(21(20)27)15-24-26-22(16-9-4-3-5-10-16)25-19-13-7-6-12-18(19)23(26)28/h3-15,27H,2H2,1H3/b24-15+. The third kappa shape index (κ3) is 3.60. The summed E-state index contributed by atoms with van der Waals surface area (Å²) in [5, 5.41) is 15.2. The SMILES string of the molecule is CCOc1cccc(/C=N/n2c(-c3ccccc3)nc3ccccc3c2=O)c1O. The van der Waals surface area contributed by atoms with E-state index in [9.17, 15) is 9.90 Å². The zero-order valence-corrected chi connectivity index (χ0v) is 15.8. The summed E-state index contributed by atoms with van der Waals surface area (Å²) in [5.74, 6) is 0.760. The highest BCUT2D eigenvalue weighted by atomic mass is 16.5. The lowest BCUT2D eigenvalue weighted by molar-refractivity contribution is 0.318. The second-order valence-electron chi connectivity index (χ2n) is 6.31. The van der Waals surface area contributed by atoms with Gasteiger partial charge in [-0.3, -0.25) is 4.79 Å². The second-order valence-corrected chi connectivity index (χ2v) is 6.31. The Bertz CT molecular complexity index is 1250. The van der Waals surface area contributed by atoms with Crippen molar-refractivity contribution in [1.82, 2.24) is 9.66 Å². The molecular weight excluding hydrogens is 366 g/mol. The van der Waals surface area contributed by atoms with Gasteiger partial charge in [-0.2, -0.15) is 9.78 Å². The fourth-order valence-electron chi connectivity index (χ4n) is 3.04. The van der Waals surface area contributed by atoms with E-state index >= 15 is 0 Å². The van der Waals surface area contributed by atoms with Crippen molar-refractivity contribution >= 4 is 17.1 Å². The van der Waals surface area contributed by atoms with Crippen molar-refractivity contribution < 1.29 is 9.84 Å². The molecule has 0 aliphatic carbocycles. The summed E-state index contributed by atoms with van der Waals surface area (Å²) in [7, 11) is 0. The first-order valence-corrected chi connectivity index (χ1v) is 9.25. The lowest BCUT2D eigenvalue weighted by Crippen LogP contribution is -2.20. The molecule has 144 valence electrons. The van der Waals surface area contributed by atoms with Gasteiger partial charge in [-0.1, -0.05) is 48.5 Å². The number of para-hydroxylation sites is 2. The number of hydrogen-bond donors (Lipinski definition) is 1. The maximum absolute atomic E-state index is 13.1. The minimum atomic E-state index is -0.286. The number of phenols is 1. The van der Waals surface area contributed by atoms with E-state index in [1.165, 1.54) is 10.9 Å². The van der Waals surface area contributed by atoms with E-state index in [0.717, 1.165) is 5.56 Å². The number of ether oxygens (including phenoxy) is 1. The zero-order valence-electron chi connectivity index (χ0n) is 15.8. The normalized spacial score (nSPS) is 11.2. The zero-order chi connectivity index (χ0) is 20.2. The lowest BCUT2D eigenvalue weighted by Gasteiger charge is -2.10. The Balaban J connectivity index is 1.89. The Hall–Kier alpha value is -3.93. The molecule has 0 saturated heterocycles. The molecule has 0 amide bonds. The van der Waals surface area contributed by atoms with Crippen LogP contribution in [0.5, 0.6) is 11.5 Å². The first-order valence-electron chi connectivity index (χ1n) is 9.25. The molecule has 6 nitrogen and oxygen atoms in total. The molecule has 1 heterocycles. The molecule has 1 aromatic heterocycles. The van der Waals surface area contributed by atoms with Gasteiger partial charge in [-0.15, -0.1) is 0 Å². The van der Waals surface area contributed by atoms with Gasteiger partial charge >= 0.3 is 0 Å². The van der Waals surface area contributed by atoms with Gasteiger partial charge in [0.15, 0.2) is 17.3 Å². The van der Waals surface area contributed by atoms with E-state index in [1.54, 1.807) is 36.4 Å². The number of nitrogens with zero attached hydrogens (tertiary/aromatic N) is 3. The molecule has 0 saturated carbocycles. The number of hydrogen-bond acceptors (Lipinski definition) is 5. The number of benzene rings is 3. The Labute approximate surface area is 167 Å². The van der Waals surface area contributed by atoms with Gasteiger partial charge in [0.05, 0.1) is 23.7 Å². The quantitative estimate of drug-likeness (QED) is 0.526. The van der Waals surface area contributed by atoms with Crippen LogP contribution in [0, 0.1) is 0 Å². The highest BCUT2D eigenvalue weighted by molar-refractivity contribution is 5.85. The summed E-state index contributed by atoms with van der Waals surface area (Å²) < 4.78 is 6.67. The first kappa shape index (κ1) is 18.4. The fourth-order valence-corrected chi connectivity index (χ4v) is 3.04. The molecule has 1 N–H and O–H groups in total. The topological polar surface area (TPSA) is 76.7 Å². The Kier molecular flexibility index (Phi) is 5.07. The van der Waals surface area contributed by atoms with Crippen LogP contribution in [0.25, 0.3) is 22.3 Å². The van der Waals surface area contributed by atoms with Gasteiger partial charge in [0.25, 0.3) is 5.56 Å². The monoisotopic (exact) mass is 385 g/mol. The molecule has 0 fully saturated rings. The van der Waals surface area contributed by atoms with Crippen LogP contribution in [-0.4, -0.2) is 27.6 Å².